The Labute approximate surface area is 165 Å². The van der Waals surface area contributed by atoms with Gasteiger partial charge in [-0.3, -0.25) is 4.98 Å². The average molecular weight is 393 g/mol. The summed E-state index contributed by atoms with van der Waals surface area (Å²) in [6, 6.07) is 6.69. The third-order valence-electron chi connectivity index (χ3n) is 4.33. The van der Waals surface area contributed by atoms with Gasteiger partial charge in [-0.1, -0.05) is 0 Å². The quantitative estimate of drug-likeness (QED) is 0.539. The first-order valence-corrected chi connectivity index (χ1v) is 8.99. The molecule has 0 unspecified atom stereocenters. The number of rotatable bonds is 5. The van der Waals surface area contributed by atoms with Crippen molar-refractivity contribution in [2.24, 2.45) is 0 Å². The fraction of sp³-hybridized carbons (Fsp3) is 0.143. The first-order valence-electron chi connectivity index (χ1n) is 8.99. The Morgan fingerprint density at radius 2 is 1.93 bits per heavy atom. The van der Waals surface area contributed by atoms with Gasteiger partial charge in [0.1, 0.15) is 34.4 Å². The Morgan fingerprint density at radius 1 is 1.07 bits per heavy atom. The highest BCUT2D eigenvalue weighted by atomic mass is 19.1. The second-order valence-corrected chi connectivity index (χ2v) is 6.16. The molecule has 146 valence electrons. The van der Waals surface area contributed by atoms with E-state index in [1.165, 1.54) is 0 Å². The van der Waals surface area contributed by atoms with Gasteiger partial charge in [-0.25, -0.2) is 23.7 Å². The Balaban J connectivity index is 2.00. The van der Waals surface area contributed by atoms with Crippen molar-refractivity contribution >= 4 is 16.7 Å². The molecule has 8 heteroatoms. The van der Waals surface area contributed by atoms with Crippen LogP contribution in [-0.4, -0.2) is 33.6 Å². The maximum atomic E-state index is 14.4. The lowest BCUT2D eigenvalue weighted by Gasteiger charge is -2.14. The van der Waals surface area contributed by atoms with Crippen molar-refractivity contribution in [1.29, 1.82) is 0 Å². The molecule has 0 aliphatic heterocycles. The third-order valence-corrected chi connectivity index (χ3v) is 4.33. The van der Waals surface area contributed by atoms with E-state index in [9.17, 15) is 8.78 Å². The minimum atomic E-state index is -0.531. The van der Waals surface area contributed by atoms with Gasteiger partial charge in [-0.2, -0.15) is 0 Å². The van der Waals surface area contributed by atoms with Crippen molar-refractivity contribution < 1.29 is 13.5 Å². The van der Waals surface area contributed by atoms with Crippen molar-refractivity contribution in [3.05, 3.63) is 60.6 Å². The highest BCUT2D eigenvalue weighted by molar-refractivity contribution is 5.97. The molecule has 29 heavy (non-hydrogen) atoms. The van der Waals surface area contributed by atoms with Gasteiger partial charge in [0, 0.05) is 30.4 Å². The number of hydrogen-bond acceptors (Lipinski definition) is 6. The zero-order valence-corrected chi connectivity index (χ0v) is 15.8. The molecule has 4 rings (SSSR count). The van der Waals surface area contributed by atoms with Crippen molar-refractivity contribution in [3.8, 4) is 28.4 Å². The van der Waals surface area contributed by atoms with Crippen LogP contribution in [0.25, 0.3) is 33.5 Å². The molecule has 0 atom stereocenters. The lowest BCUT2D eigenvalue weighted by molar-refractivity contribution is 0.344. The number of aromatic nitrogens is 4. The first kappa shape index (κ1) is 18.7. The summed E-state index contributed by atoms with van der Waals surface area (Å²) < 4.78 is 33.9. The maximum absolute atomic E-state index is 14.4. The minimum absolute atomic E-state index is 0.132. The van der Waals surface area contributed by atoms with Crippen molar-refractivity contribution in [1.82, 2.24) is 19.9 Å². The largest absolute Gasteiger partial charge is 0.492 e. The molecular weight excluding hydrogens is 376 g/mol. The molecule has 0 saturated carbocycles. The highest BCUT2D eigenvalue weighted by Gasteiger charge is 2.17. The molecular formula is C21H17F2N5O. The number of benzene rings is 2. The zero-order chi connectivity index (χ0) is 20.4. The van der Waals surface area contributed by atoms with Gasteiger partial charge in [0.15, 0.2) is 5.82 Å². The van der Waals surface area contributed by atoms with E-state index in [1.54, 1.807) is 37.8 Å². The van der Waals surface area contributed by atoms with Gasteiger partial charge in [0.2, 0.25) is 0 Å². The number of ether oxygens (including phenoxy) is 1. The highest BCUT2D eigenvalue weighted by Crippen LogP contribution is 2.36. The fourth-order valence-corrected chi connectivity index (χ4v) is 3.06. The molecule has 4 aromatic rings. The van der Waals surface area contributed by atoms with Crippen LogP contribution < -0.4 is 10.1 Å². The van der Waals surface area contributed by atoms with Crippen LogP contribution in [0.15, 0.2) is 48.9 Å². The molecule has 2 aromatic heterocycles. The number of anilines is 1. The molecule has 0 bridgehead atoms. The van der Waals surface area contributed by atoms with Gasteiger partial charge < -0.3 is 10.1 Å². The molecule has 0 saturated heterocycles. The predicted molar refractivity (Wildman–Crippen MR) is 107 cm³/mol. The molecule has 0 aliphatic rings. The van der Waals surface area contributed by atoms with Crippen molar-refractivity contribution in [3.63, 3.8) is 0 Å². The lowest BCUT2D eigenvalue weighted by Crippen LogP contribution is -2.03. The summed E-state index contributed by atoms with van der Waals surface area (Å²) >= 11 is 0. The van der Waals surface area contributed by atoms with Gasteiger partial charge in [0.05, 0.1) is 12.8 Å². The Kier molecular flexibility index (Phi) is 4.99. The zero-order valence-electron chi connectivity index (χ0n) is 15.8. The summed E-state index contributed by atoms with van der Waals surface area (Å²) in [5.74, 6) is 0.266. The van der Waals surface area contributed by atoms with Gasteiger partial charge >= 0.3 is 0 Å². The number of nitrogens with one attached hydrogen (secondary N) is 1. The Bertz CT molecular complexity index is 1180. The van der Waals surface area contributed by atoms with Crippen LogP contribution in [0.5, 0.6) is 5.75 Å². The monoisotopic (exact) mass is 393 g/mol. The minimum Gasteiger partial charge on any atom is -0.492 e. The van der Waals surface area contributed by atoms with E-state index in [4.69, 9.17) is 4.74 Å². The summed E-state index contributed by atoms with van der Waals surface area (Å²) in [7, 11) is 1.72. The van der Waals surface area contributed by atoms with E-state index in [0.717, 1.165) is 18.2 Å². The molecule has 0 spiro atoms. The maximum Gasteiger partial charge on any atom is 0.182 e. The molecule has 0 amide bonds. The Hall–Kier alpha value is -3.68. The van der Waals surface area contributed by atoms with Crippen LogP contribution in [0.2, 0.25) is 0 Å². The standard InChI is InChI=1S/C21H17F2N5O/c1-3-29-18-9-12(14-10-13(22)4-5-16(14)23)8-15-19(18)27-21(28-20(15)24-2)17-11-25-6-7-26-17/h4-11H,3H2,1-2H3,(H,24,27,28). The van der Waals surface area contributed by atoms with E-state index in [2.05, 4.69) is 25.3 Å². The smallest absolute Gasteiger partial charge is 0.182 e. The van der Waals surface area contributed by atoms with E-state index < -0.39 is 11.6 Å². The van der Waals surface area contributed by atoms with Crippen molar-refractivity contribution in [2.75, 3.05) is 19.0 Å². The summed E-state index contributed by atoms with van der Waals surface area (Å²) in [6.45, 7) is 2.22. The Morgan fingerprint density at radius 3 is 2.66 bits per heavy atom. The normalized spacial score (nSPS) is 10.9. The van der Waals surface area contributed by atoms with Gasteiger partial charge in [-0.15, -0.1) is 0 Å². The second-order valence-electron chi connectivity index (χ2n) is 6.16. The summed E-state index contributed by atoms with van der Waals surface area (Å²) in [5, 5.41) is 3.65. The molecule has 2 aromatic carbocycles. The van der Waals surface area contributed by atoms with Crippen LogP contribution in [0.1, 0.15) is 6.92 Å². The molecule has 1 N–H and O–H groups in total. The van der Waals surface area contributed by atoms with Crippen LogP contribution in [0.3, 0.4) is 0 Å². The van der Waals surface area contributed by atoms with Crippen LogP contribution >= 0.6 is 0 Å². The molecule has 0 fully saturated rings. The van der Waals surface area contributed by atoms with E-state index >= 15 is 0 Å². The lowest BCUT2D eigenvalue weighted by atomic mass is 10.0. The number of nitrogens with zero attached hydrogens (tertiary/aromatic N) is 4. The SMILES string of the molecule is CCOc1cc(-c2cc(F)ccc2F)cc2c(NC)nc(-c3cnccn3)nc12. The van der Waals surface area contributed by atoms with Crippen LogP contribution in [0.4, 0.5) is 14.6 Å². The van der Waals surface area contributed by atoms with Crippen molar-refractivity contribution in [2.45, 2.75) is 6.92 Å². The summed E-state index contributed by atoms with van der Waals surface area (Å²) in [5.41, 5.74) is 1.64. The number of fused-ring (bicyclic) bond motifs is 1. The van der Waals surface area contributed by atoms with E-state index in [-0.39, 0.29) is 5.56 Å². The van der Waals surface area contributed by atoms with Gasteiger partial charge in [0.25, 0.3) is 0 Å². The average Bonchev–Trinajstić information content (AvgIpc) is 2.75. The van der Waals surface area contributed by atoms with Crippen LogP contribution in [-0.2, 0) is 0 Å². The molecule has 6 nitrogen and oxygen atoms in total. The molecule has 0 aliphatic carbocycles. The number of hydrogen-bond donors (Lipinski definition) is 1. The first-order chi connectivity index (χ1) is 14.1. The van der Waals surface area contributed by atoms with E-state index in [1.807, 2.05) is 6.92 Å². The summed E-state index contributed by atoms with van der Waals surface area (Å²) in [4.78, 5) is 17.4. The fourth-order valence-electron chi connectivity index (χ4n) is 3.06. The topological polar surface area (TPSA) is 72.8 Å². The second kappa shape index (κ2) is 7.75. The predicted octanol–water partition coefficient (Wildman–Crippen LogP) is 4.47. The number of halogens is 2. The van der Waals surface area contributed by atoms with Gasteiger partial charge in [-0.05, 0) is 42.8 Å². The summed E-state index contributed by atoms with van der Waals surface area (Å²) in [6.07, 6.45) is 4.69. The molecule has 0 radical (unpaired) electrons. The molecule has 2 heterocycles. The van der Waals surface area contributed by atoms with Crippen LogP contribution in [0, 0.1) is 11.6 Å². The van der Waals surface area contributed by atoms with E-state index in [0.29, 0.717) is 46.2 Å². The third kappa shape index (κ3) is 3.56.